The summed E-state index contributed by atoms with van der Waals surface area (Å²) in [6.45, 7) is 4.06. The minimum absolute atomic E-state index is 0. The molecule has 43 valence electrons. The van der Waals surface area contributed by atoms with E-state index in [1.54, 1.807) is 0 Å². The molecule has 0 saturated carbocycles. The average molecular weight is 331 g/mol. The van der Waals surface area contributed by atoms with Gasteiger partial charge in [-0.05, 0) is 0 Å². The molecule has 0 heterocycles. The van der Waals surface area contributed by atoms with Crippen molar-refractivity contribution in [1.82, 2.24) is 0 Å². The summed E-state index contributed by atoms with van der Waals surface area (Å²) in [5.41, 5.74) is 0. The molecule has 0 saturated heterocycles. The van der Waals surface area contributed by atoms with Gasteiger partial charge >= 0.3 is 0 Å². The van der Waals surface area contributed by atoms with Crippen LogP contribution in [0.2, 0.25) is 0 Å². The average Bonchev–Trinajstić information content (AvgIpc) is 1.36. The second-order valence-electron chi connectivity index (χ2n) is 1.48. The molecular formula is C4H10BiS2. The Kier molecular flexibility index (Phi) is 9.30. The molecule has 0 rings (SSSR count). The van der Waals surface area contributed by atoms with E-state index in [-0.39, 0.29) is 26.2 Å². The predicted octanol–water partition coefficient (Wildman–Crippen LogP) is 1.24. The molecule has 2 atom stereocenters. The minimum atomic E-state index is 0. The largest absolute Gasteiger partial charge is 0.175 e. The number of hydrogen-bond acceptors (Lipinski definition) is 2. The van der Waals surface area contributed by atoms with Gasteiger partial charge in [0.25, 0.3) is 0 Å². The van der Waals surface area contributed by atoms with Gasteiger partial charge in [-0.25, -0.2) is 0 Å². The van der Waals surface area contributed by atoms with E-state index in [0.29, 0.717) is 10.5 Å². The third-order valence-corrected chi connectivity index (χ3v) is 1.83. The summed E-state index contributed by atoms with van der Waals surface area (Å²) in [7, 11) is 0. The molecule has 0 bridgehead atoms. The summed E-state index contributed by atoms with van der Waals surface area (Å²) in [4.78, 5) is 0. The van der Waals surface area contributed by atoms with Gasteiger partial charge in [-0.15, -0.1) is 0 Å². The van der Waals surface area contributed by atoms with Gasteiger partial charge in [-0.2, -0.15) is 25.3 Å². The maximum atomic E-state index is 4.12. The van der Waals surface area contributed by atoms with Gasteiger partial charge in [0.2, 0.25) is 0 Å². The van der Waals surface area contributed by atoms with Crippen molar-refractivity contribution in [2.24, 2.45) is 0 Å². The summed E-state index contributed by atoms with van der Waals surface area (Å²) in [5.74, 6) is 0. The van der Waals surface area contributed by atoms with Crippen LogP contribution in [0.1, 0.15) is 13.8 Å². The van der Waals surface area contributed by atoms with E-state index < -0.39 is 0 Å². The van der Waals surface area contributed by atoms with Gasteiger partial charge < -0.3 is 0 Å². The fraction of sp³-hybridized carbons (Fsp3) is 1.00. The molecule has 0 aromatic rings. The first-order valence-corrected chi connectivity index (χ1v) is 3.04. The molecule has 0 spiro atoms. The van der Waals surface area contributed by atoms with Crippen LogP contribution >= 0.6 is 25.3 Å². The van der Waals surface area contributed by atoms with Crippen molar-refractivity contribution in [2.45, 2.75) is 24.3 Å². The zero-order valence-corrected chi connectivity index (χ0v) is 9.76. The monoisotopic (exact) mass is 331 g/mol. The summed E-state index contributed by atoms with van der Waals surface area (Å²) in [5, 5.41) is 0.821. The van der Waals surface area contributed by atoms with E-state index in [0.717, 1.165) is 0 Å². The third-order valence-electron chi connectivity index (χ3n) is 0.698. The molecule has 0 aromatic carbocycles. The molecule has 0 aliphatic carbocycles. The number of rotatable bonds is 1. The molecular weight excluding hydrogens is 321 g/mol. The van der Waals surface area contributed by atoms with E-state index in [1.165, 1.54) is 0 Å². The zero-order valence-electron chi connectivity index (χ0n) is 4.50. The molecule has 0 fully saturated rings. The van der Waals surface area contributed by atoms with Crippen molar-refractivity contribution < 1.29 is 0 Å². The predicted molar refractivity (Wildman–Crippen MR) is 42.7 cm³/mol. The Morgan fingerprint density at radius 2 is 1.14 bits per heavy atom. The van der Waals surface area contributed by atoms with Crippen molar-refractivity contribution in [3.8, 4) is 0 Å². The van der Waals surface area contributed by atoms with Crippen molar-refractivity contribution in [3.63, 3.8) is 0 Å². The Morgan fingerprint density at radius 3 is 1.14 bits per heavy atom. The first-order valence-electron chi connectivity index (χ1n) is 2.00. The standard InChI is InChI=1S/C4H10S2.Bi/c1-3(5)4(2)6;/h3-6H,1-2H3;. The van der Waals surface area contributed by atoms with Crippen LogP contribution in [0.5, 0.6) is 0 Å². The number of thiol groups is 2. The van der Waals surface area contributed by atoms with E-state index >= 15 is 0 Å². The van der Waals surface area contributed by atoms with Crippen LogP contribution < -0.4 is 0 Å². The second kappa shape index (κ2) is 5.71. The third kappa shape index (κ3) is 7.58. The Morgan fingerprint density at radius 1 is 1.00 bits per heavy atom. The maximum absolute atomic E-state index is 4.12. The first kappa shape index (κ1) is 11.4. The first-order chi connectivity index (χ1) is 2.64. The maximum Gasteiger partial charge on any atom is 0.0102 e. The summed E-state index contributed by atoms with van der Waals surface area (Å²) >= 11 is 8.23. The minimum Gasteiger partial charge on any atom is -0.175 e. The van der Waals surface area contributed by atoms with Crippen LogP contribution in [-0.4, -0.2) is 36.7 Å². The molecule has 0 nitrogen and oxygen atoms in total. The fourth-order valence-electron chi connectivity index (χ4n) is 0. The molecule has 0 aliphatic rings. The van der Waals surface area contributed by atoms with Crippen molar-refractivity contribution in [2.75, 3.05) is 0 Å². The zero-order chi connectivity index (χ0) is 5.15. The fourth-order valence-corrected chi connectivity index (χ4v) is 0. The van der Waals surface area contributed by atoms with Crippen LogP contribution in [0.4, 0.5) is 0 Å². The summed E-state index contributed by atoms with van der Waals surface area (Å²) < 4.78 is 0. The van der Waals surface area contributed by atoms with E-state index in [1.807, 2.05) is 13.8 Å². The SMILES string of the molecule is CC(S)C(C)S.[Bi]. The number of hydrogen-bond donors (Lipinski definition) is 2. The normalized spacial score (nSPS) is 17.1. The second-order valence-corrected chi connectivity index (χ2v) is 3.11. The molecule has 7 heavy (non-hydrogen) atoms. The van der Waals surface area contributed by atoms with Crippen molar-refractivity contribution in [1.29, 1.82) is 0 Å². The molecule has 0 amide bonds. The van der Waals surface area contributed by atoms with Crippen LogP contribution in [0.3, 0.4) is 0 Å². The summed E-state index contributed by atoms with van der Waals surface area (Å²) in [6.07, 6.45) is 0. The van der Waals surface area contributed by atoms with E-state index in [9.17, 15) is 0 Å². The molecule has 0 aromatic heterocycles. The van der Waals surface area contributed by atoms with Gasteiger partial charge in [0.05, 0.1) is 0 Å². The van der Waals surface area contributed by atoms with Crippen molar-refractivity contribution in [3.05, 3.63) is 0 Å². The van der Waals surface area contributed by atoms with Gasteiger partial charge in [0.15, 0.2) is 0 Å². The molecule has 0 N–H and O–H groups in total. The van der Waals surface area contributed by atoms with E-state index in [2.05, 4.69) is 25.3 Å². The van der Waals surface area contributed by atoms with Gasteiger partial charge in [0.1, 0.15) is 0 Å². The van der Waals surface area contributed by atoms with E-state index in [4.69, 9.17) is 0 Å². The van der Waals surface area contributed by atoms with Crippen molar-refractivity contribution >= 4 is 51.5 Å². The Hall–Kier alpha value is 1.58. The van der Waals surface area contributed by atoms with Gasteiger partial charge in [-0.3, -0.25) is 0 Å². The van der Waals surface area contributed by atoms with Crippen LogP contribution in [-0.2, 0) is 0 Å². The quantitative estimate of drug-likeness (QED) is 0.524. The van der Waals surface area contributed by atoms with Crippen LogP contribution in [0.25, 0.3) is 0 Å². The van der Waals surface area contributed by atoms with Gasteiger partial charge in [-0.1, -0.05) is 13.8 Å². The topological polar surface area (TPSA) is 0 Å². The smallest absolute Gasteiger partial charge is 0.0102 e. The van der Waals surface area contributed by atoms with Crippen LogP contribution in [0.15, 0.2) is 0 Å². The molecule has 3 radical (unpaired) electrons. The summed E-state index contributed by atoms with van der Waals surface area (Å²) in [6, 6.07) is 0. The Bertz CT molecular complexity index is 30.7. The van der Waals surface area contributed by atoms with Gasteiger partial charge in [0, 0.05) is 36.7 Å². The van der Waals surface area contributed by atoms with Crippen LogP contribution in [0, 0.1) is 0 Å². The molecule has 0 aliphatic heterocycles. The molecule has 2 unspecified atom stereocenters. The Labute approximate surface area is 75.4 Å². The molecule has 3 heteroatoms. The Balaban J connectivity index is 0.